The van der Waals surface area contributed by atoms with E-state index in [0.29, 0.717) is 6.04 Å². The van der Waals surface area contributed by atoms with Gasteiger partial charge in [-0.1, -0.05) is 6.92 Å². The molecule has 1 saturated carbocycles. The van der Waals surface area contributed by atoms with Gasteiger partial charge in [-0.3, -0.25) is 0 Å². The van der Waals surface area contributed by atoms with Crippen LogP contribution >= 0.6 is 0 Å². The molecule has 0 amide bonds. The SMILES string of the molecule is COc1cc(CN[C@H]2CC[C@@H](C)C2)cc(OC)c1. The minimum absolute atomic E-state index is 0.664. The third kappa shape index (κ3) is 3.39. The summed E-state index contributed by atoms with van der Waals surface area (Å²) in [5, 5.41) is 3.62. The molecule has 0 heterocycles. The maximum absolute atomic E-state index is 5.28. The van der Waals surface area contributed by atoms with Crippen molar-refractivity contribution in [2.45, 2.75) is 38.8 Å². The van der Waals surface area contributed by atoms with Crippen molar-refractivity contribution in [2.75, 3.05) is 14.2 Å². The summed E-state index contributed by atoms with van der Waals surface area (Å²) < 4.78 is 10.6. The Bertz CT molecular complexity index is 370. The fraction of sp³-hybridized carbons (Fsp3) is 0.600. The van der Waals surface area contributed by atoms with Crippen LogP contribution in [0.4, 0.5) is 0 Å². The van der Waals surface area contributed by atoms with Crippen molar-refractivity contribution in [3.63, 3.8) is 0 Å². The summed E-state index contributed by atoms with van der Waals surface area (Å²) >= 11 is 0. The second-order valence-corrected chi connectivity index (χ2v) is 5.22. The molecule has 1 fully saturated rings. The Balaban J connectivity index is 1.95. The lowest BCUT2D eigenvalue weighted by atomic mass is 10.1. The van der Waals surface area contributed by atoms with Crippen molar-refractivity contribution < 1.29 is 9.47 Å². The maximum atomic E-state index is 5.28. The van der Waals surface area contributed by atoms with E-state index in [1.165, 1.54) is 24.8 Å². The zero-order valence-corrected chi connectivity index (χ0v) is 11.5. The van der Waals surface area contributed by atoms with Crippen LogP contribution in [0.25, 0.3) is 0 Å². The van der Waals surface area contributed by atoms with Gasteiger partial charge in [-0.2, -0.15) is 0 Å². The summed E-state index contributed by atoms with van der Waals surface area (Å²) in [4.78, 5) is 0. The van der Waals surface area contributed by atoms with Gasteiger partial charge in [-0.25, -0.2) is 0 Å². The third-order valence-corrected chi connectivity index (χ3v) is 3.70. The molecule has 3 heteroatoms. The Morgan fingerprint density at radius 2 is 1.78 bits per heavy atom. The lowest BCUT2D eigenvalue weighted by Crippen LogP contribution is -2.25. The van der Waals surface area contributed by atoms with Crippen LogP contribution in [0.5, 0.6) is 11.5 Å². The highest BCUT2D eigenvalue weighted by Gasteiger charge is 2.20. The van der Waals surface area contributed by atoms with Crippen LogP contribution in [0, 0.1) is 5.92 Å². The van der Waals surface area contributed by atoms with Gasteiger partial charge in [-0.05, 0) is 42.9 Å². The Kier molecular flexibility index (Phi) is 4.48. The predicted octanol–water partition coefficient (Wildman–Crippen LogP) is 2.98. The van der Waals surface area contributed by atoms with Crippen molar-refractivity contribution in [3.8, 4) is 11.5 Å². The van der Waals surface area contributed by atoms with Gasteiger partial charge in [0.05, 0.1) is 14.2 Å². The second kappa shape index (κ2) is 6.10. The van der Waals surface area contributed by atoms with E-state index in [-0.39, 0.29) is 0 Å². The van der Waals surface area contributed by atoms with Gasteiger partial charge in [0, 0.05) is 18.7 Å². The molecule has 1 aliphatic rings. The first-order valence-electron chi connectivity index (χ1n) is 6.66. The van der Waals surface area contributed by atoms with E-state index in [1.807, 2.05) is 6.07 Å². The average Bonchev–Trinajstić information content (AvgIpc) is 2.81. The highest BCUT2D eigenvalue weighted by Crippen LogP contribution is 2.26. The van der Waals surface area contributed by atoms with Gasteiger partial charge in [0.2, 0.25) is 0 Å². The van der Waals surface area contributed by atoms with Crippen molar-refractivity contribution in [2.24, 2.45) is 5.92 Å². The van der Waals surface area contributed by atoms with E-state index in [9.17, 15) is 0 Å². The van der Waals surface area contributed by atoms with Gasteiger partial charge >= 0.3 is 0 Å². The molecule has 0 bridgehead atoms. The molecule has 2 rings (SSSR count). The molecule has 0 radical (unpaired) electrons. The summed E-state index contributed by atoms with van der Waals surface area (Å²) in [7, 11) is 3.37. The predicted molar refractivity (Wildman–Crippen MR) is 73.2 cm³/mol. The van der Waals surface area contributed by atoms with E-state index >= 15 is 0 Å². The van der Waals surface area contributed by atoms with Gasteiger partial charge in [-0.15, -0.1) is 0 Å². The topological polar surface area (TPSA) is 30.5 Å². The monoisotopic (exact) mass is 249 g/mol. The van der Waals surface area contributed by atoms with Crippen molar-refractivity contribution in [1.82, 2.24) is 5.32 Å². The Morgan fingerprint density at radius 3 is 2.28 bits per heavy atom. The zero-order chi connectivity index (χ0) is 13.0. The van der Waals surface area contributed by atoms with Crippen LogP contribution in [-0.4, -0.2) is 20.3 Å². The Hall–Kier alpha value is -1.22. The summed E-state index contributed by atoms with van der Waals surface area (Å²) in [6, 6.07) is 6.69. The first-order valence-corrected chi connectivity index (χ1v) is 6.66. The molecule has 0 aliphatic heterocycles. The van der Waals surface area contributed by atoms with Gasteiger partial charge < -0.3 is 14.8 Å². The highest BCUT2D eigenvalue weighted by atomic mass is 16.5. The van der Waals surface area contributed by atoms with Crippen LogP contribution in [-0.2, 0) is 6.54 Å². The average molecular weight is 249 g/mol. The van der Waals surface area contributed by atoms with Crippen LogP contribution in [0.1, 0.15) is 31.7 Å². The highest BCUT2D eigenvalue weighted by molar-refractivity contribution is 5.38. The first-order chi connectivity index (χ1) is 8.71. The molecule has 18 heavy (non-hydrogen) atoms. The number of rotatable bonds is 5. The number of hydrogen-bond donors (Lipinski definition) is 1. The van der Waals surface area contributed by atoms with Crippen LogP contribution in [0.2, 0.25) is 0 Å². The summed E-state index contributed by atoms with van der Waals surface area (Å²) in [5.41, 5.74) is 1.21. The molecule has 1 N–H and O–H groups in total. The van der Waals surface area contributed by atoms with Gasteiger partial charge in [0.15, 0.2) is 0 Å². The molecule has 2 atom stereocenters. The van der Waals surface area contributed by atoms with Crippen molar-refractivity contribution >= 4 is 0 Å². The van der Waals surface area contributed by atoms with E-state index in [2.05, 4.69) is 24.4 Å². The normalized spacial score (nSPS) is 23.1. The third-order valence-electron chi connectivity index (χ3n) is 3.70. The summed E-state index contributed by atoms with van der Waals surface area (Å²) in [6.45, 7) is 3.21. The molecular formula is C15H23NO2. The molecule has 0 spiro atoms. The second-order valence-electron chi connectivity index (χ2n) is 5.22. The molecule has 1 aromatic rings. The largest absolute Gasteiger partial charge is 0.497 e. The smallest absolute Gasteiger partial charge is 0.122 e. The number of methoxy groups -OCH3 is 2. The molecule has 100 valence electrons. The quantitative estimate of drug-likeness (QED) is 0.870. The van der Waals surface area contributed by atoms with E-state index in [0.717, 1.165) is 24.0 Å². The lowest BCUT2D eigenvalue weighted by Gasteiger charge is -2.14. The first kappa shape index (κ1) is 13.2. The van der Waals surface area contributed by atoms with Crippen molar-refractivity contribution in [1.29, 1.82) is 0 Å². The fourth-order valence-electron chi connectivity index (χ4n) is 2.62. The van der Waals surface area contributed by atoms with Crippen LogP contribution in [0.15, 0.2) is 18.2 Å². The molecule has 3 nitrogen and oxygen atoms in total. The number of benzene rings is 1. The number of ether oxygens (including phenoxy) is 2. The van der Waals surface area contributed by atoms with Gasteiger partial charge in [0.25, 0.3) is 0 Å². The number of hydrogen-bond acceptors (Lipinski definition) is 3. The minimum Gasteiger partial charge on any atom is -0.497 e. The molecule has 0 aromatic heterocycles. The van der Waals surface area contributed by atoms with Crippen LogP contribution in [0.3, 0.4) is 0 Å². The molecule has 1 aliphatic carbocycles. The van der Waals surface area contributed by atoms with Crippen molar-refractivity contribution in [3.05, 3.63) is 23.8 Å². The van der Waals surface area contributed by atoms with E-state index in [4.69, 9.17) is 9.47 Å². The van der Waals surface area contributed by atoms with E-state index < -0.39 is 0 Å². The molecule has 0 saturated heterocycles. The molecule has 0 unspecified atom stereocenters. The van der Waals surface area contributed by atoms with Crippen LogP contribution < -0.4 is 14.8 Å². The minimum atomic E-state index is 0.664. The fourth-order valence-corrected chi connectivity index (χ4v) is 2.62. The zero-order valence-electron chi connectivity index (χ0n) is 11.5. The lowest BCUT2D eigenvalue weighted by molar-refractivity contribution is 0.392. The van der Waals surface area contributed by atoms with Gasteiger partial charge in [0.1, 0.15) is 11.5 Å². The summed E-state index contributed by atoms with van der Waals surface area (Å²) in [5.74, 6) is 2.57. The van der Waals surface area contributed by atoms with E-state index in [1.54, 1.807) is 14.2 Å². The molecular weight excluding hydrogens is 226 g/mol. The maximum Gasteiger partial charge on any atom is 0.122 e. The summed E-state index contributed by atoms with van der Waals surface area (Å²) in [6.07, 6.45) is 3.93. The standard InChI is InChI=1S/C15H23NO2/c1-11-4-5-13(6-11)16-10-12-7-14(17-2)9-15(8-12)18-3/h7-9,11,13,16H,4-6,10H2,1-3H3/t11-,13+/m1/s1. The number of nitrogens with one attached hydrogen (secondary N) is 1. The Morgan fingerprint density at radius 1 is 1.11 bits per heavy atom. The Labute approximate surface area is 109 Å². The molecule has 1 aromatic carbocycles.